The first-order valence-electron chi connectivity index (χ1n) is 18.8. The molecule has 55 heavy (non-hydrogen) atoms. The van der Waals surface area contributed by atoms with Gasteiger partial charge in [-0.25, -0.2) is 0 Å². The summed E-state index contributed by atoms with van der Waals surface area (Å²) in [5.41, 5.74) is 11.3. The molecule has 0 bridgehead atoms. The van der Waals surface area contributed by atoms with Crippen LogP contribution in [0.25, 0.3) is 112 Å². The summed E-state index contributed by atoms with van der Waals surface area (Å²) in [4.78, 5) is 1.29. The second-order valence-corrected chi connectivity index (χ2v) is 16.6. The second-order valence-electron chi connectivity index (χ2n) is 14.4. The van der Waals surface area contributed by atoms with Crippen molar-refractivity contribution in [2.45, 2.75) is 6.92 Å². The summed E-state index contributed by atoms with van der Waals surface area (Å²) < 4.78 is 3.97. The summed E-state index contributed by atoms with van der Waals surface area (Å²) in [6.45, 7) is 6.60. The highest BCUT2D eigenvalue weighted by molar-refractivity contribution is 7.26. The topological polar surface area (TPSA) is 0 Å². The molecule has 0 aliphatic carbocycles. The lowest BCUT2D eigenvalue weighted by Gasteiger charge is -2.19. The third-order valence-electron chi connectivity index (χ3n) is 11.5. The summed E-state index contributed by atoms with van der Waals surface area (Å²) >= 11 is 3.75. The van der Waals surface area contributed by atoms with E-state index < -0.39 is 0 Å². The molecule has 0 unspecified atom stereocenters. The van der Waals surface area contributed by atoms with Crippen molar-refractivity contribution >= 4 is 91.3 Å². The van der Waals surface area contributed by atoms with Crippen LogP contribution in [0.15, 0.2) is 176 Å². The Bertz CT molecular complexity index is 3270. The van der Waals surface area contributed by atoms with Crippen molar-refractivity contribution in [3.63, 3.8) is 0 Å². The SMILES string of the molecule is C=Cc1c(-c2ccc3sc4ccccc4c3c2C)sc2ccc(-c3ccc(-c4c5ccccc5c(-c5cccc6ccccc56)c5ccccc45)cc3)cc12. The van der Waals surface area contributed by atoms with Gasteiger partial charge in [0, 0.05) is 40.7 Å². The lowest BCUT2D eigenvalue weighted by atomic mass is 9.84. The van der Waals surface area contributed by atoms with Gasteiger partial charge in [-0.15, -0.1) is 22.7 Å². The molecule has 0 aliphatic rings. The van der Waals surface area contributed by atoms with Gasteiger partial charge in [-0.2, -0.15) is 0 Å². The Morgan fingerprint density at radius 2 is 0.982 bits per heavy atom. The number of rotatable bonds is 5. The van der Waals surface area contributed by atoms with Crippen LogP contribution in [-0.2, 0) is 0 Å². The van der Waals surface area contributed by atoms with E-state index >= 15 is 0 Å². The minimum absolute atomic E-state index is 1.21. The van der Waals surface area contributed by atoms with Gasteiger partial charge >= 0.3 is 0 Å². The van der Waals surface area contributed by atoms with E-state index in [1.165, 1.54) is 118 Å². The van der Waals surface area contributed by atoms with Crippen molar-refractivity contribution in [1.82, 2.24) is 0 Å². The first kappa shape index (κ1) is 32.1. The Morgan fingerprint density at radius 1 is 0.418 bits per heavy atom. The van der Waals surface area contributed by atoms with Crippen LogP contribution >= 0.6 is 22.7 Å². The minimum Gasteiger partial charge on any atom is -0.135 e. The maximum absolute atomic E-state index is 4.32. The molecule has 0 atom stereocenters. The molecule has 0 spiro atoms. The maximum Gasteiger partial charge on any atom is 0.0430 e. The Hall–Kier alpha value is -6.32. The monoisotopic (exact) mass is 734 g/mol. The molecule has 2 aromatic heterocycles. The fourth-order valence-corrected chi connectivity index (χ4v) is 11.4. The van der Waals surface area contributed by atoms with Gasteiger partial charge < -0.3 is 0 Å². The van der Waals surface area contributed by atoms with E-state index in [-0.39, 0.29) is 0 Å². The quantitative estimate of drug-likeness (QED) is 0.154. The Balaban J connectivity index is 1.03. The molecule has 0 saturated heterocycles. The lowest BCUT2D eigenvalue weighted by molar-refractivity contribution is 1.55. The van der Waals surface area contributed by atoms with Crippen molar-refractivity contribution in [2.24, 2.45) is 0 Å². The molecule has 0 nitrogen and oxygen atoms in total. The van der Waals surface area contributed by atoms with E-state index in [0.717, 1.165) is 0 Å². The van der Waals surface area contributed by atoms with E-state index in [2.05, 4.69) is 189 Å². The second kappa shape index (κ2) is 12.6. The van der Waals surface area contributed by atoms with Gasteiger partial charge in [-0.1, -0.05) is 158 Å². The highest BCUT2D eigenvalue weighted by Gasteiger charge is 2.20. The van der Waals surface area contributed by atoms with Gasteiger partial charge in [0.25, 0.3) is 0 Å². The molecular formula is C53H34S2. The molecular weight excluding hydrogens is 701 g/mol. The van der Waals surface area contributed by atoms with Crippen LogP contribution in [0.2, 0.25) is 0 Å². The van der Waals surface area contributed by atoms with Crippen LogP contribution in [0.4, 0.5) is 0 Å². The van der Waals surface area contributed by atoms with Crippen LogP contribution < -0.4 is 0 Å². The highest BCUT2D eigenvalue weighted by Crippen LogP contribution is 2.47. The molecule has 2 heterocycles. The minimum atomic E-state index is 1.21. The molecule has 0 radical (unpaired) electrons. The number of hydrogen-bond donors (Lipinski definition) is 0. The van der Waals surface area contributed by atoms with E-state index in [0.29, 0.717) is 0 Å². The van der Waals surface area contributed by atoms with Crippen LogP contribution in [0.1, 0.15) is 11.1 Å². The Morgan fingerprint density at radius 3 is 1.71 bits per heavy atom. The van der Waals surface area contributed by atoms with Crippen LogP contribution in [0.3, 0.4) is 0 Å². The van der Waals surface area contributed by atoms with Crippen molar-refractivity contribution in [3.8, 4) is 43.8 Å². The summed E-state index contributed by atoms with van der Waals surface area (Å²) in [5.74, 6) is 0. The van der Waals surface area contributed by atoms with Crippen molar-refractivity contribution < 1.29 is 0 Å². The number of aryl methyl sites for hydroxylation is 1. The van der Waals surface area contributed by atoms with E-state index in [1.807, 2.05) is 22.7 Å². The first-order valence-corrected chi connectivity index (χ1v) is 20.4. The van der Waals surface area contributed by atoms with Gasteiger partial charge in [0.05, 0.1) is 0 Å². The van der Waals surface area contributed by atoms with Gasteiger partial charge in [0.1, 0.15) is 0 Å². The first-order chi connectivity index (χ1) is 27.2. The maximum atomic E-state index is 4.32. The lowest BCUT2D eigenvalue weighted by Crippen LogP contribution is -1.91. The van der Waals surface area contributed by atoms with Gasteiger partial charge in [-0.3, -0.25) is 0 Å². The van der Waals surface area contributed by atoms with E-state index in [1.54, 1.807) is 0 Å². The fraction of sp³-hybridized carbons (Fsp3) is 0.0189. The average molecular weight is 735 g/mol. The largest absolute Gasteiger partial charge is 0.135 e. The molecule has 0 aliphatic heterocycles. The summed E-state index contributed by atoms with van der Waals surface area (Å²) in [6.07, 6.45) is 2.05. The number of benzene rings is 9. The molecule has 0 fully saturated rings. The summed E-state index contributed by atoms with van der Waals surface area (Å²) in [6, 6.07) is 62.8. The van der Waals surface area contributed by atoms with Gasteiger partial charge in [0.2, 0.25) is 0 Å². The van der Waals surface area contributed by atoms with Crippen LogP contribution in [0, 0.1) is 6.92 Å². The standard InChI is InChI=1S/C53H34S2/c1-3-37-46-31-36(27-29-48(46)55-53(37)38-28-30-49-50(32(38)2)45-20-10-11-22-47(45)54-49)33-23-25-35(26-24-33)51-41-16-6-8-18-43(41)52(44-19-9-7-17-42(44)51)40-21-12-14-34-13-4-5-15-39(34)40/h3-31H,1H2,2H3. The third-order valence-corrected chi connectivity index (χ3v) is 13.8. The van der Waals surface area contributed by atoms with Crippen molar-refractivity contribution in [3.05, 3.63) is 188 Å². The number of thiophene rings is 2. The van der Waals surface area contributed by atoms with Gasteiger partial charge in [0.15, 0.2) is 0 Å². The fourth-order valence-electron chi connectivity index (χ4n) is 8.93. The zero-order chi connectivity index (χ0) is 36.6. The molecule has 0 saturated carbocycles. The molecule has 258 valence electrons. The molecule has 11 aromatic rings. The molecule has 0 amide bonds. The summed E-state index contributed by atoms with van der Waals surface area (Å²) in [5, 5.41) is 11.6. The smallest absolute Gasteiger partial charge is 0.0430 e. The molecule has 11 rings (SSSR count). The van der Waals surface area contributed by atoms with Crippen molar-refractivity contribution in [2.75, 3.05) is 0 Å². The van der Waals surface area contributed by atoms with Crippen molar-refractivity contribution in [1.29, 1.82) is 0 Å². The average Bonchev–Trinajstić information content (AvgIpc) is 3.81. The van der Waals surface area contributed by atoms with Crippen LogP contribution in [0.5, 0.6) is 0 Å². The van der Waals surface area contributed by atoms with E-state index in [4.69, 9.17) is 0 Å². The third kappa shape index (κ3) is 4.96. The predicted octanol–water partition coefficient (Wildman–Crippen LogP) is 16.3. The van der Waals surface area contributed by atoms with E-state index in [9.17, 15) is 0 Å². The molecule has 2 heteroatoms. The number of hydrogen-bond acceptors (Lipinski definition) is 2. The number of fused-ring (bicyclic) bond motifs is 7. The van der Waals surface area contributed by atoms with Crippen LogP contribution in [-0.4, -0.2) is 0 Å². The predicted molar refractivity (Wildman–Crippen MR) is 244 cm³/mol. The zero-order valence-corrected chi connectivity index (χ0v) is 31.9. The summed E-state index contributed by atoms with van der Waals surface area (Å²) in [7, 11) is 0. The molecule has 9 aromatic carbocycles. The normalized spacial score (nSPS) is 11.8. The zero-order valence-electron chi connectivity index (χ0n) is 30.3. The molecule has 0 N–H and O–H groups in total. The highest BCUT2D eigenvalue weighted by atomic mass is 32.1. The van der Waals surface area contributed by atoms with Gasteiger partial charge in [-0.05, 0) is 108 Å². The Labute approximate surface area is 327 Å². The Kier molecular flexibility index (Phi) is 7.38.